The van der Waals surface area contributed by atoms with E-state index in [-0.39, 0.29) is 37.8 Å². The van der Waals surface area contributed by atoms with E-state index in [9.17, 15) is 22.8 Å². The first-order chi connectivity index (χ1) is 14.6. The molecule has 5 nitrogen and oxygen atoms in total. The standard InChI is InChI=1S/C22H19Cl2F3N2O3/c1-10-6-12(22(25,26)27)7-13-11(2)9-29(17(10)13)19(30)15-16(23)14(8-28-18(15)24)20(31)32-21(3,4)5/h6-9H,1-5H3. The Morgan fingerprint density at radius 3 is 2.25 bits per heavy atom. The monoisotopic (exact) mass is 486 g/mol. The second kappa shape index (κ2) is 8.08. The molecule has 0 spiro atoms. The number of nitrogens with zero attached hydrogens (tertiary/aromatic N) is 2. The molecule has 32 heavy (non-hydrogen) atoms. The highest BCUT2D eigenvalue weighted by Gasteiger charge is 2.33. The van der Waals surface area contributed by atoms with E-state index in [1.165, 1.54) is 13.1 Å². The largest absolute Gasteiger partial charge is 0.456 e. The third kappa shape index (κ3) is 4.47. The molecule has 0 aliphatic rings. The second-order valence-electron chi connectivity index (χ2n) is 8.33. The second-order valence-corrected chi connectivity index (χ2v) is 9.06. The maximum absolute atomic E-state index is 13.4. The summed E-state index contributed by atoms with van der Waals surface area (Å²) in [6, 6.07) is 1.95. The number of benzene rings is 1. The van der Waals surface area contributed by atoms with Crippen molar-refractivity contribution < 1.29 is 27.5 Å². The Morgan fingerprint density at radius 1 is 1.06 bits per heavy atom. The Bertz CT molecular complexity index is 1260. The number of carbonyl (C=O) groups excluding carboxylic acids is 2. The van der Waals surface area contributed by atoms with Gasteiger partial charge >= 0.3 is 12.1 Å². The van der Waals surface area contributed by atoms with E-state index >= 15 is 0 Å². The van der Waals surface area contributed by atoms with Crippen molar-refractivity contribution in [2.45, 2.75) is 46.4 Å². The summed E-state index contributed by atoms with van der Waals surface area (Å²) in [5, 5.41) is -0.251. The molecule has 0 aliphatic heterocycles. The summed E-state index contributed by atoms with van der Waals surface area (Å²) < 4.78 is 46.2. The fraction of sp³-hybridized carbons (Fsp3) is 0.318. The number of fused-ring (bicyclic) bond motifs is 1. The van der Waals surface area contributed by atoms with Gasteiger partial charge < -0.3 is 4.74 Å². The molecule has 0 bridgehead atoms. The van der Waals surface area contributed by atoms with Crippen molar-refractivity contribution in [3.63, 3.8) is 0 Å². The molecule has 0 saturated heterocycles. The average Bonchev–Trinajstić information content (AvgIpc) is 2.97. The molecule has 0 aliphatic carbocycles. The molecule has 0 radical (unpaired) electrons. The molecule has 3 aromatic rings. The van der Waals surface area contributed by atoms with Gasteiger partial charge in [0.2, 0.25) is 0 Å². The fourth-order valence-corrected chi connectivity index (χ4v) is 3.87. The van der Waals surface area contributed by atoms with E-state index in [1.54, 1.807) is 27.7 Å². The minimum absolute atomic E-state index is 0.154. The lowest BCUT2D eigenvalue weighted by atomic mass is 10.0. The number of hydrogen-bond acceptors (Lipinski definition) is 4. The minimum Gasteiger partial charge on any atom is -0.456 e. The molecule has 0 amide bonds. The highest BCUT2D eigenvalue weighted by Crippen LogP contribution is 2.36. The number of esters is 1. The first kappa shape index (κ1) is 24.1. The summed E-state index contributed by atoms with van der Waals surface area (Å²) in [6.07, 6.45) is -2.03. The van der Waals surface area contributed by atoms with Crippen molar-refractivity contribution in [3.8, 4) is 0 Å². The van der Waals surface area contributed by atoms with Crippen molar-refractivity contribution in [3.05, 3.63) is 62.5 Å². The molecule has 0 unspecified atom stereocenters. The van der Waals surface area contributed by atoms with E-state index < -0.39 is 29.2 Å². The molecule has 2 aromatic heterocycles. The van der Waals surface area contributed by atoms with Gasteiger partial charge in [0.15, 0.2) is 0 Å². The van der Waals surface area contributed by atoms with Crippen LogP contribution in [0.1, 0.15) is 58.2 Å². The number of aryl methyl sites for hydroxylation is 2. The van der Waals surface area contributed by atoms with Gasteiger partial charge in [0.05, 0.1) is 27.2 Å². The normalized spacial score (nSPS) is 12.3. The highest BCUT2D eigenvalue weighted by molar-refractivity contribution is 6.41. The van der Waals surface area contributed by atoms with Crippen LogP contribution in [0.25, 0.3) is 10.9 Å². The van der Waals surface area contributed by atoms with Crippen LogP contribution in [0.15, 0.2) is 24.5 Å². The third-order valence-corrected chi connectivity index (χ3v) is 5.32. The molecule has 3 rings (SSSR count). The van der Waals surface area contributed by atoms with Crippen LogP contribution in [0.5, 0.6) is 0 Å². The Kier molecular flexibility index (Phi) is 6.08. The van der Waals surface area contributed by atoms with Gasteiger partial charge in [-0.1, -0.05) is 23.2 Å². The van der Waals surface area contributed by atoms with Crippen LogP contribution in [-0.2, 0) is 10.9 Å². The number of aromatic nitrogens is 2. The zero-order valence-corrected chi connectivity index (χ0v) is 19.3. The summed E-state index contributed by atoms with van der Waals surface area (Å²) in [5.74, 6) is -1.53. The van der Waals surface area contributed by atoms with Crippen molar-refractivity contribution in [1.82, 2.24) is 9.55 Å². The van der Waals surface area contributed by atoms with Gasteiger partial charge in [-0.2, -0.15) is 13.2 Å². The zero-order valence-electron chi connectivity index (χ0n) is 17.8. The van der Waals surface area contributed by atoms with E-state index in [1.807, 2.05) is 0 Å². The first-order valence-corrected chi connectivity index (χ1v) is 10.2. The number of alkyl halides is 3. The molecule has 10 heteroatoms. The summed E-state index contributed by atoms with van der Waals surface area (Å²) in [4.78, 5) is 29.8. The van der Waals surface area contributed by atoms with Crippen LogP contribution < -0.4 is 0 Å². The minimum atomic E-state index is -4.53. The summed E-state index contributed by atoms with van der Waals surface area (Å²) in [5.41, 5.74) is -1.08. The lowest BCUT2D eigenvalue weighted by molar-refractivity contribution is -0.137. The fourth-order valence-electron chi connectivity index (χ4n) is 3.30. The van der Waals surface area contributed by atoms with Gasteiger partial charge in [-0.15, -0.1) is 0 Å². The lowest BCUT2D eigenvalue weighted by Gasteiger charge is -2.20. The van der Waals surface area contributed by atoms with Gasteiger partial charge in [0.1, 0.15) is 10.8 Å². The first-order valence-electron chi connectivity index (χ1n) is 9.43. The maximum Gasteiger partial charge on any atom is 0.416 e. The smallest absolute Gasteiger partial charge is 0.416 e. The zero-order chi connectivity index (χ0) is 24.2. The van der Waals surface area contributed by atoms with Crippen molar-refractivity contribution in [2.75, 3.05) is 0 Å². The molecule has 0 N–H and O–H groups in total. The number of carbonyl (C=O) groups is 2. The average molecular weight is 487 g/mol. The maximum atomic E-state index is 13.4. The van der Waals surface area contributed by atoms with E-state index in [2.05, 4.69) is 4.98 Å². The van der Waals surface area contributed by atoms with Gasteiger partial charge in [0, 0.05) is 17.8 Å². The van der Waals surface area contributed by atoms with Crippen molar-refractivity contribution in [2.24, 2.45) is 0 Å². The Balaban J connectivity index is 2.18. The molecule has 0 atom stereocenters. The van der Waals surface area contributed by atoms with Crippen molar-refractivity contribution in [1.29, 1.82) is 0 Å². The Morgan fingerprint density at radius 2 is 1.69 bits per heavy atom. The van der Waals surface area contributed by atoms with Crippen LogP contribution in [0.2, 0.25) is 10.2 Å². The van der Waals surface area contributed by atoms with Crippen LogP contribution in [0.3, 0.4) is 0 Å². The number of pyridine rings is 1. The van der Waals surface area contributed by atoms with Gasteiger partial charge in [-0.25, -0.2) is 9.78 Å². The molecule has 0 fully saturated rings. The Labute approximate surface area is 192 Å². The molecule has 2 heterocycles. The van der Waals surface area contributed by atoms with Gasteiger partial charge in [0.25, 0.3) is 5.91 Å². The van der Waals surface area contributed by atoms with E-state index in [0.29, 0.717) is 5.56 Å². The van der Waals surface area contributed by atoms with Gasteiger partial charge in [-0.05, 0) is 57.9 Å². The topological polar surface area (TPSA) is 61.2 Å². The van der Waals surface area contributed by atoms with Crippen LogP contribution >= 0.6 is 23.2 Å². The van der Waals surface area contributed by atoms with Crippen molar-refractivity contribution >= 4 is 46.0 Å². The quantitative estimate of drug-likeness (QED) is 0.301. The highest BCUT2D eigenvalue weighted by atomic mass is 35.5. The van der Waals surface area contributed by atoms with Gasteiger partial charge in [-0.3, -0.25) is 9.36 Å². The number of hydrogen-bond donors (Lipinski definition) is 0. The van der Waals surface area contributed by atoms with E-state index in [4.69, 9.17) is 27.9 Å². The van der Waals surface area contributed by atoms with E-state index in [0.717, 1.165) is 22.9 Å². The number of rotatable bonds is 2. The molecule has 170 valence electrons. The summed E-state index contributed by atoms with van der Waals surface area (Å²) in [7, 11) is 0. The van der Waals surface area contributed by atoms with Crippen LogP contribution in [0, 0.1) is 13.8 Å². The molecule has 1 aromatic carbocycles. The molecular weight excluding hydrogens is 468 g/mol. The van der Waals surface area contributed by atoms with Crippen LogP contribution in [-0.4, -0.2) is 27.0 Å². The predicted molar refractivity (Wildman–Crippen MR) is 116 cm³/mol. The lowest BCUT2D eigenvalue weighted by Crippen LogP contribution is -2.25. The number of halogens is 5. The predicted octanol–water partition coefficient (Wildman–Crippen LogP) is 6.62. The molecular formula is C22H19Cl2F3N2O3. The SMILES string of the molecule is Cc1cn(C(=O)c2c(Cl)ncc(C(=O)OC(C)(C)C)c2Cl)c2c(C)cc(C(F)(F)F)cc12. The summed E-state index contributed by atoms with van der Waals surface area (Å²) in [6.45, 7) is 8.06. The summed E-state index contributed by atoms with van der Waals surface area (Å²) >= 11 is 12.5. The Hall–Kier alpha value is -2.58. The van der Waals surface area contributed by atoms with Crippen LogP contribution in [0.4, 0.5) is 13.2 Å². The third-order valence-electron chi connectivity index (χ3n) is 4.64. The molecule has 0 saturated carbocycles. The number of ether oxygens (including phenoxy) is 1.